The van der Waals surface area contributed by atoms with E-state index in [4.69, 9.17) is 4.74 Å². The highest BCUT2D eigenvalue weighted by molar-refractivity contribution is 7.89. The summed E-state index contributed by atoms with van der Waals surface area (Å²) < 4.78 is 34.2. The molecule has 0 radical (unpaired) electrons. The van der Waals surface area contributed by atoms with Crippen LogP contribution in [0, 0.1) is 13.8 Å². The number of rotatable bonds is 8. The predicted molar refractivity (Wildman–Crippen MR) is 114 cm³/mol. The number of carbonyl (C=O) groups excluding carboxylic acids is 1. The van der Waals surface area contributed by atoms with Gasteiger partial charge in [-0.2, -0.15) is 9.40 Å². The lowest BCUT2D eigenvalue weighted by molar-refractivity contribution is -0.122. The average Bonchev–Trinajstić information content (AvgIpc) is 3.01. The Morgan fingerprint density at radius 2 is 1.87 bits per heavy atom. The highest BCUT2D eigenvalue weighted by Gasteiger charge is 2.32. The van der Waals surface area contributed by atoms with Gasteiger partial charge in [0.2, 0.25) is 15.9 Å². The summed E-state index contributed by atoms with van der Waals surface area (Å²) >= 11 is 0. The third-order valence-electron chi connectivity index (χ3n) is 5.29. The lowest BCUT2D eigenvalue weighted by atomic mass is 10.1. The average molecular weight is 435 g/mol. The molecule has 1 atom stereocenters. The van der Waals surface area contributed by atoms with Gasteiger partial charge in [-0.05, 0) is 39.2 Å². The van der Waals surface area contributed by atoms with Crippen LogP contribution in [-0.2, 0) is 32.5 Å². The normalized spacial score (nSPS) is 16.4. The van der Waals surface area contributed by atoms with E-state index in [9.17, 15) is 13.2 Å². The lowest BCUT2D eigenvalue weighted by Crippen LogP contribution is -2.41. The topological polar surface area (TPSA) is 93.5 Å². The molecule has 1 N–H and O–H groups in total. The molecular weight excluding hydrogens is 404 g/mol. The zero-order valence-corrected chi connectivity index (χ0v) is 18.6. The molecule has 8 nitrogen and oxygen atoms in total. The zero-order chi connectivity index (χ0) is 21.7. The second-order valence-corrected chi connectivity index (χ2v) is 9.54. The lowest BCUT2D eigenvalue weighted by Gasteiger charge is -2.26. The Kier molecular flexibility index (Phi) is 7.27. The van der Waals surface area contributed by atoms with Gasteiger partial charge in [-0.3, -0.25) is 9.48 Å². The smallest absolute Gasteiger partial charge is 0.246 e. The number of aromatic nitrogens is 2. The van der Waals surface area contributed by atoms with Crippen molar-refractivity contribution in [3.8, 4) is 0 Å². The molecule has 0 saturated carbocycles. The number of morpholine rings is 1. The molecule has 1 fully saturated rings. The van der Waals surface area contributed by atoms with E-state index in [0.717, 1.165) is 12.8 Å². The second kappa shape index (κ2) is 9.72. The number of hydrogen-bond acceptors (Lipinski definition) is 5. The molecule has 0 aliphatic carbocycles. The third kappa shape index (κ3) is 5.27. The summed E-state index contributed by atoms with van der Waals surface area (Å²) in [5.41, 5.74) is 2.12. The Morgan fingerprint density at radius 3 is 2.53 bits per heavy atom. The summed E-state index contributed by atoms with van der Waals surface area (Å²) in [6.45, 7) is 6.73. The molecule has 1 aliphatic rings. The molecule has 0 bridgehead atoms. The van der Waals surface area contributed by atoms with E-state index in [-0.39, 0.29) is 23.4 Å². The third-order valence-corrected chi connectivity index (χ3v) is 7.44. The Bertz CT molecular complexity index is 966. The largest absolute Gasteiger partial charge is 0.379 e. The highest BCUT2D eigenvalue weighted by atomic mass is 32.2. The minimum atomic E-state index is -3.66. The number of nitrogens with one attached hydrogen (secondary N) is 1. The fourth-order valence-electron chi connectivity index (χ4n) is 3.68. The first-order valence-corrected chi connectivity index (χ1v) is 11.7. The standard InChI is InChI=1S/C21H30N4O4S/c1-16(9-10-19-7-5-4-6-8-19)22-20(26)15-25-18(3)21(17(2)23-25)30(27,28)24-11-13-29-14-12-24/h4-8,16H,9-15H2,1-3H3,(H,22,26). The van der Waals surface area contributed by atoms with Crippen LogP contribution in [0.15, 0.2) is 35.2 Å². The van der Waals surface area contributed by atoms with Crippen LogP contribution in [0.4, 0.5) is 0 Å². The van der Waals surface area contributed by atoms with Crippen molar-refractivity contribution in [1.29, 1.82) is 0 Å². The minimum absolute atomic E-state index is 0.00576. The molecule has 1 unspecified atom stereocenters. The predicted octanol–water partition coefficient (Wildman–Crippen LogP) is 1.66. The number of amides is 1. The van der Waals surface area contributed by atoms with E-state index in [2.05, 4.69) is 22.5 Å². The molecular formula is C21H30N4O4S. The van der Waals surface area contributed by atoms with Gasteiger partial charge in [-0.15, -0.1) is 0 Å². The highest BCUT2D eigenvalue weighted by Crippen LogP contribution is 2.24. The molecule has 1 aromatic carbocycles. The molecule has 30 heavy (non-hydrogen) atoms. The zero-order valence-electron chi connectivity index (χ0n) is 17.8. The molecule has 3 rings (SSSR count). The summed E-state index contributed by atoms with van der Waals surface area (Å²) in [6, 6.07) is 10.1. The van der Waals surface area contributed by atoms with Crippen molar-refractivity contribution in [3.63, 3.8) is 0 Å². The van der Waals surface area contributed by atoms with Crippen molar-refractivity contribution >= 4 is 15.9 Å². The van der Waals surface area contributed by atoms with Crippen LogP contribution in [0.2, 0.25) is 0 Å². The molecule has 2 aromatic rings. The molecule has 164 valence electrons. The van der Waals surface area contributed by atoms with Crippen LogP contribution >= 0.6 is 0 Å². The van der Waals surface area contributed by atoms with E-state index >= 15 is 0 Å². The van der Waals surface area contributed by atoms with E-state index in [0.29, 0.717) is 37.7 Å². The monoisotopic (exact) mass is 434 g/mol. The van der Waals surface area contributed by atoms with Gasteiger partial charge in [-0.1, -0.05) is 30.3 Å². The van der Waals surface area contributed by atoms with Crippen LogP contribution in [0.3, 0.4) is 0 Å². The number of aryl methyl sites for hydroxylation is 2. The molecule has 1 aliphatic heterocycles. The van der Waals surface area contributed by atoms with Crippen LogP contribution in [0.5, 0.6) is 0 Å². The van der Waals surface area contributed by atoms with E-state index in [1.807, 2.05) is 25.1 Å². The number of nitrogens with zero attached hydrogens (tertiary/aromatic N) is 3. The molecule has 1 saturated heterocycles. The van der Waals surface area contributed by atoms with Crippen molar-refractivity contribution < 1.29 is 17.9 Å². The van der Waals surface area contributed by atoms with Gasteiger partial charge in [0.15, 0.2) is 0 Å². The fourth-order valence-corrected chi connectivity index (χ4v) is 5.46. The Morgan fingerprint density at radius 1 is 1.20 bits per heavy atom. The van der Waals surface area contributed by atoms with Crippen molar-refractivity contribution in [2.24, 2.45) is 0 Å². The van der Waals surface area contributed by atoms with Gasteiger partial charge in [0.05, 0.1) is 24.6 Å². The van der Waals surface area contributed by atoms with Gasteiger partial charge in [0.1, 0.15) is 11.4 Å². The first-order chi connectivity index (χ1) is 14.3. The molecule has 2 heterocycles. The fraction of sp³-hybridized carbons (Fsp3) is 0.524. The molecule has 9 heteroatoms. The number of sulfonamides is 1. The van der Waals surface area contributed by atoms with Crippen molar-refractivity contribution in [2.75, 3.05) is 26.3 Å². The summed E-state index contributed by atoms with van der Waals surface area (Å²) in [5, 5.41) is 7.31. The van der Waals surface area contributed by atoms with Crippen molar-refractivity contribution in [2.45, 2.75) is 51.1 Å². The van der Waals surface area contributed by atoms with Gasteiger partial charge in [0, 0.05) is 19.1 Å². The number of ether oxygens (including phenoxy) is 1. The summed E-state index contributed by atoms with van der Waals surface area (Å²) in [4.78, 5) is 12.7. The first-order valence-electron chi connectivity index (χ1n) is 10.2. The van der Waals surface area contributed by atoms with Crippen molar-refractivity contribution in [3.05, 3.63) is 47.3 Å². The Labute approximate surface area is 178 Å². The Hall–Kier alpha value is -2.23. The second-order valence-electron chi connectivity index (χ2n) is 7.67. The van der Waals surface area contributed by atoms with Crippen LogP contribution < -0.4 is 5.32 Å². The van der Waals surface area contributed by atoms with Gasteiger partial charge in [-0.25, -0.2) is 8.42 Å². The molecule has 1 amide bonds. The van der Waals surface area contributed by atoms with Gasteiger partial charge in [0.25, 0.3) is 0 Å². The van der Waals surface area contributed by atoms with Crippen LogP contribution in [0.25, 0.3) is 0 Å². The van der Waals surface area contributed by atoms with E-state index < -0.39 is 10.0 Å². The molecule has 0 spiro atoms. The molecule has 1 aromatic heterocycles. The van der Waals surface area contributed by atoms with Gasteiger partial charge >= 0.3 is 0 Å². The SMILES string of the molecule is Cc1nn(CC(=O)NC(C)CCc2ccccc2)c(C)c1S(=O)(=O)N1CCOCC1. The van der Waals surface area contributed by atoms with Crippen molar-refractivity contribution in [1.82, 2.24) is 19.4 Å². The number of hydrogen-bond donors (Lipinski definition) is 1. The quantitative estimate of drug-likeness (QED) is 0.682. The maximum absolute atomic E-state index is 13.0. The number of carbonyl (C=O) groups is 1. The van der Waals surface area contributed by atoms with Crippen LogP contribution in [0.1, 0.15) is 30.3 Å². The maximum Gasteiger partial charge on any atom is 0.246 e. The van der Waals surface area contributed by atoms with Crippen LogP contribution in [-0.4, -0.2) is 60.8 Å². The minimum Gasteiger partial charge on any atom is -0.379 e. The van der Waals surface area contributed by atoms with E-state index in [1.165, 1.54) is 14.6 Å². The maximum atomic E-state index is 13.0. The van der Waals surface area contributed by atoms with E-state index in [1.54, 1.807) is 13.8 Å². The first kappa shape index (κ1) is 22.5. The summed E-state index contributed by atoms with van der Waals surface area (Å²) in [7, 11) is -3.66. The summed E-state index contributed by atoms with van der Waals surface area (Å²) in [6.07, 6.45) is 1.70. The number of benzene rings is 1. The van der Waals surface area contributed by atoms with Gasteiger partial charge < -0.3 is 10.1 Å². The Balaban J connectivity index is 1.62. The summed E-state index contributed by atoms with van der Waals surface area (Å²) in [5.74, 6) is -0.184.